The molecule has 0 aromatic carbocycles. The number of unbranched alkanes of at least 4 members (excludes halogenated alkanes) is 60. The van der Waals surface area contributed by atoms with Crippen LogP contribution in [0.3, 0.4) is 0 Å². The zero-order valence-electron chi connectivity index (χ0n) is 71.0. The van der Waals surface area contributed by atoms with E-state index in [1.807, 2.05) is 6.08 Å². The summed E-state index contributed by atoms with van der Waals surface area (Å²) in [6, 6.07) is -0.973. The molecule has 3 rings (SSSR count). The summed E-state index contributed by atoms with van der Waals surface area (Å²) in [6.07, 6.45) is 64.9. The van der Waals surface area contributed by atoms with Crippen molar-refractivity contribution in [2.75, 3.05) is 26.4 Å². The number of rotatable bonds is 78. The molecule has 3 heterocycles. The van der Waals surface area contributed by atoms with Gasteiger partial charge < -0.3 is 89.9 Å². The first-order valence-corrected chi connectivity index (χ1v) is 47.1. The van der Waals surface area contributed by atoms with Gasteiger partial charge >= 0.3 is 0 Å². The molecule has 111 heavy (non-hydrogen) atoms. The second kappa shape index (κ2) is 72.3. The topological polar surface area (TPSA) is 307 Å². The van der Waals surface area contributed by atoms with Crippen molar-refractivity contribution in [3.05, 3.63) is 24.3 Å². The zero-order chi connectivity index (χ0) is 80.3. The van der Waals surface area contributed by atoms with Gasteiger partial charge in [-0.2, -0.15) is 0 Å². The number of hydrogen-bond donors (Lipinski definition) is 12. The molecule has 17 unspecified atom stereocenters. The molecule has 12 N–H and O–H groups in total. The molecule has 0 aromatic rings. The van der Waals surface area contributed by atoms with E-state index >= 15 is 0 Å². The number of aliphatic hydroxyl groups excluding tert-OH is 11. The summed E-state index contributed by atoms with van der Waals surface area (Å²) in [5.74, 6) is -0.265. The monoisotopic (exact) mass is 1580 g/mol. The Morgan fingerprint density at radius 1 is 0.315 bits per heavy atom. The van der Waals surface area contributed by atoms with Crippen molar-refractivity contribution in [3.63, 3.8) is 0 Å². The first-order chi connectivity index (χ1) is 54.3. The maximum Gasteiger partial charge on any atom is 0.220 e. The Bertz CT molecular complexity index is 2090. The fourth-order valence-corrected chi connectivity index (χ4v) is 16.3. The van der Waals surface area contributed by atoms with Gasteiger partial charge in [0.05, 0.1) is 38.6 Å². The molecule has 0 spiro atoms. The summed E-state index contributed by atoms with van der Waals surface area (Å²) in [4.78, 5) is 13.5. The number of aliphatic hydroxyl groups is 11. The van der Waals surface area contributed by atoms with E-state index in [0.717, 1.165) is 44.9 Å². The third-order valence-corrected chi connectivity index (χ3v) is 23.7. The number of carbonyl (C=O) groups is 1. The van der Waals surface area contributed by atoms with Crippen LogP contribution < -0.4 is 5.32 Å². The molecule has 3 aliphatic rings. The molecule has 3 saturated heterocycles. The normalized spacial score (nSPS) is 25.1. The molecule has 656 valence electrons. The Balaban J connectivity index is 1.30. The van der Waals surface area contributed by atoms with E-state index in [2.05, 4.69) is 31.3 Å². The summed E-state index contributed by atoms with van der Waals surface area (Å²) in [6.45, 7) is 1.82. The van der Waals surface area contributed by atoms with Gasteiger partial charge in [-0.3, -0.25) is 4.79 Å². The van der Waals surface area contributed by atoms with Crippen molar-refractivity contribution in [1.29, 1.82) is 0 Å². The van der Waals surface area contributed by atoms with Crippen LogP contribution in [0, 0.1) is 0 Å². The minimum absolute atomic E-state index is 0.249. The molecule has 0 bridgehead atoms. The molecular formula is C92H175NO18. The highest BCUT2D eigenvalue weighted by molar-refractivity contribution is 5.76. The van der Waals surface area contributed by atoms with Gasteiger partial charge in [-0.05, 0) is 44.9 Å². The number of hydrogen-bond acceptors (Lipinski definition) is 18. The first-order valence-electron chi connectivity index (χ1n) is 47.1. The number of ether oxygens (including phenoxy) is 6. The number of nitrogens with one attached hydrogen (secondary N) is 1. The third-order valence-electron chi connectivity index (χ3n) is 23.7. The van der Waals surface area contributed by atoms with Crippen molar-refractivity contribution >= 4 is 5.91 Å². The van der Waals surface area contributed by atoms with E-state index in [9.17, 15) is 61.0 Å². The molecule has 3 fully saturated rings. The lowest BCUT2D eigenvalue weighted by Crippen LogP contribution is -2.66. The summed E-state index contributed by atoms with van der Waals surface area (Å²) < 4.78 is 34.6. The van der Waals surface area contributed by atoms with Crippen LogP contribution in [0.15, 0.2) is 24.3 Å². The van der Waals surface area contributed by atoms with E-state index in [0.29, 0.717) is 6.42 Å². The fraction of sp³-hybridized carbons (Fsp3) is 0.946. The van der Waals surface area contributed by atoms with Gasteiger partial charge in [0.2, 0.25) is 5.91 Å². The Morgan fingerprint density at radius 2 is 0.568 bits per heavy atom. The highest BCUT2D eigenvalue weighted by Crippen LogP contribution is 2.34. The standard InChI is InChI=1S/C92H175NO18/c1-3-5-7-9-11-13-15-17-19-21-23-25-27-29-31-33-34-35-36-37-38-39-40-42-44-46-48-50-52-54-56-58-60-62-64-66-68-70-80(98)93-75(76(97)69-67-65-63-61-59-57-55-53-51-49-47-45-43-41-32-30-28-26-24-22-20-18-16-14-12-10-8-6-4-2)74-106-90-86(104)83(101)88(78(72-95)108-90)111-92-87(105)84(102)89(79(73-96)109-92)110-91-85(103)82(100)81(99)77(71-94)107-91/h21,23,67,69,75-79,81-92,94-97,99-105H,3-20,22,24-66,68,70-74H2,1-2H3,(H,93,98)/b23-21-,69-67+. The Kier molecular flexibility index (Phi) is 67.4. The lowest BCUT2D eigenvalue weighted by atomic mass is 9.96. The number of carbonyl (C=O) groups excluding carboxylic acids is 1. The smallest absolute Gasteiger partial charge is 0.220 e. The Hall–Kier alpha value is -1.73. The first kappa shape index (κ1) is 103. The van der Waals surface area contributed by atoms with Crippen LogP contribution >= 0.6 is 0 Å². The average molecular weight is 1580 g/mol. The summed E-state index contributed by atoms with van der Waals surface area (Å²) >= 11 is 0. The predicted molar refractivity (Wildman–Crippen MR) is 448 cm³/mol. The Labute approximate surface area is 677 Å². The molecule has 1 amide bonds. The van der Waals surface area contributed by atoms with Crippen LogP contribution in [0.1, 0.15) is 425 Å². The number of allylic oxidation sites excluding steroid dienone is 3. The van der Waals surface area contributed by atoms with Crippen molar-refractivity contribution in [1.82, 2.24) is 5.32 Å². The third kappa shape index (κ3) is 50.7. The maximum absolute atomic E-state index is 13.5. The van der Waals surface area contributed by atoms with E-state index in [1.165, 1.54) is 353 Å². The van der Waals surface area contributed by atoms with Crippen LogP contribution in [-0.2, 0) is 33.2 Å². The molecular weight excluding hydrogens is 1410 g/mol. The maximum atomic E-state index is 13.5. The highest BCUT2D eigenvalue weighted by atomic mass is 16.8. The van der Waals surface area contributed by atoms with Gasteiger partial charge in [-0.1, -0.05) is 398 Å². The van der Waals surface area contributed by atoms with E-state index < -0.39 is 124 Å². The fourth-order valence-electron chi connectivity index (χ4n) is 16.3. The van der Waals surface area contributed by atoms with Gasteiger partial charge in [0.15, 0.2) is 18.9 Å². The SMILES string of the molecule is CCCCCCCCCC/C=C\CCCCCCCCCCCCCCCCCCCCCCCCCCCC(=O)NC(COC1OC(CO)C(OC2OC(CO)C(OC3OC(CO)C(O)C(O)C3O)C(O)C2O)C(O)C1O)C(O)/C=C/CCCCCCCCCCCCCCCCCCCCCCCCCCCCC. The summed E-state index contributed by atoms with van der Waals surface area (Å²) in [5, 5.41) is 121. The molecule has 17 atom stereocenters. The quantitative estimate of drug-likeness (QED) is 0.0199. The average Bonchev–Trinajstić information content (AvgIpc) is 0.779. The second-order valence-electron chi connectivity index (χ2n) is 33.8. The van der Waals surface area contributed by atoms with Crippen LogP contribution in [0.25, 0.3) is 0 Å². The van der Waals surface area contributed by atoms with E-state index in [1.54, 1.807) is 6.08 Å². The molecule has 0 aliphatic carbocycles. The molecule has 3 aliphatic heterocycles. The second-order valence-corrected chi connectivity index (χ2v) is 33.8. The molecule has 0 aromatic heterocycles. The lowest BCUT2D eigenvalue weighted by molar-refractivity contribution is -0.379. The molecule has 19 heteroatoms. The molecule has 0 saturated carbocycles. The van der Waals surface area contributed by atoms with Crippen LogP contribution in [-0.4, -0.2) is 193 Å². The van der Waals surface area contributed by atoms with Crippen molar-refractivity contribution < 1.29 is 89.4 Å². The summed E-state index contributed by atoms with van der Waals surface area (Å²) in [5.41, 5.74) is 0. The van der Waals surface area contributed by atoms with Crippen molar-refractivity contribution in [2.45, 2.75) is 529 Å². The zero-order valence-corrected chi connectivity index (χ0v) is 71.0. The van der Waals surface area contributed by atoms with Gasteiger partial charge in [0.1, 0.15) is 73.2 Å². The van der Waals surface area contributed by atoms with Crippen LogP contribution in [0.2, 0.25) is 0 Å². The minimum Gasteiger partial charge on any atom is -0.394 e. The van der Waals surface area contributed by atoms with Crippen LogP contribution in [0.4, 0.5) is 0 Å². The molecule has 0 radical (unpaired) electrons. The van der Waals surface area contributed by atoms with E-state index in [-0.39, 0.29) is 18.9 Å². The predicted octanol–water partition coefficient (Wildman–Crippen LogP) is 18.4. The van der Waals surface area contributed by atoms with Crippen molar-refractivity contribution in [3.8, 4) is 0 Å². The Morgan fingerprint density at radius 3 is 0.874 bits per heavy atom. The van der Waals surface area contributed by atoms with Gasteiger partial charge in [0.25, 0.3) is 0 Å². The highest BCUT2D eigenvalue weighted by Gasteiger charge is 2.54. The lowest BCUT2D eigenvalue weighted by Gasteiger charge is -2.48. The largest absolute Gasteiger partial charge is 0.394 e. The van der Waals surface area contributed by atoms with E-state index in [4.69, 9.17) is 28.4 Å². The van der Waals surface area contributed by atoms with Gasteiger partial charge in [-0.25, -0.2) is 0 Å². The van der Waals surface area contributed by atoms with Gasteiger partial charge in [0, 0.05) is 6.42 Å². The van der Waals surface area contributed by atoms with Crippen LogP contribution in [0.5, 0.6) is 0 Å². The molecule has 19 nitrogen and oxygen atoms in total. The van der Waals surface area contributed by atoms with Gasteiger partial charge in [-0.15, -0.1) is 0 Å². The number of amides is 1. The van der Waals surface area contributed by atoms with Crippen molar-refractivity contribution in [2.24, 2.45) is 0 Å². The minimum atomic E-state index is -1.98. The summed E-state index contributed by atoms with van der Waals surface area (Å²) in [7, 11) is 0.